The van der Waals surface area contributed by atoms with Gasteiger partial charge in [-0.1, -0.05) is 12.1 Å². The quantitative estimate of drug-likeness (QED) is 0.690. The number of hydrogen-bond donors (Lipinski definition) is 0. The molecular formula is C16H13N3O3. The molecule has 2 aromatic heterocycles. The lowest BCUT2D eigenvalue weighted by atomic mass is 10.2. The molecule has 0 atom stereocenters. The number of aromatic nitrogens is 3. The van der Waals surface area contributed by atoms with Gasteiger partial charge in [0.1, 0.15) is 0 Å². The van der Waals surface area contributed by atoms with E-state index in [9.17, 15) is 9.59 Å². The molecule has 0 spiro atoms. The van der Waals surface area contributed by atoms with Crippen molar-refractivity contribution in [2.75, 3.05) is 6.61 Å². The number of carbonyl (C=O) groups excluding carboxylic acids is 1. The zero-order chi connectivity index (χ0) is 15.5. The van der Waals surface area contributed by atoms with Gasteiger partial charge in [-0.15, -0.1) is 0 Å². The smallest absolute Gasteiger partial charge is 0.362 e. The lowest BCUT2D eigenvalue weighted by Gasteiger charge is -2.11. The SMILES string of the molecule is CCOC(=O)c1nn(-c2cccnc2)c2ccccc2c1=O. The van der Waals surface area contributed by atoms with Crippen LogP contribution in [0.4, 0.5) is 0 Å². The predicted molar refractivity (Wildman–Crippen MR) is 81.1 cm³/mol. The summed E-state index contributed by atoms with van der Waals surface area (Å²) in [5.74, 6) is -0.726. The van der Waals surface area contributed by atoms with Gasteiger partial charge in [0.25, 0.3) is 0 Å². The molecule has 6 heteroatoms. The van der Waals surface area contributed by atoms with E-state index >= 15 is 0 Å². The van der Waals surface area contributed by atoms with E-state index in [4.69, 9.17) is 4.74 Å². The lowest BCUT2D eigenvalue weighted by Crippen LogP contribution is -2.24. The molecule has 0 unspecified atom stereocenters. The number of nitrogens with zero attached hydrogens (tertiary/aromatic N) is 3. The fourth-order valence-corrected chi connectivity index (χ4v) is 2.19. The summed E-state index contributed by atoms with van der Waals surface area (Å²) in [4.78, 5) is 28.5. The minimum absolute atomic E-state index is 0.180. The van der Waals surface area contributed by atoms with Crippen LogP contribution in [0.5, 0.6) is 0 Å². The molecule has 6 nitrogen and oxygen atoms in total. The zero-order valence-electron chi connectivity index (χ0n) is 11.9. The highest BCUT2D eigenvalue weighted by Crippen LogP contribution is 2.14. The van der Waals surface area contributed by atoms with E-state index in [1.807, 2.05) is 0 Å². The fraction of sp³-hybridized carbons (Fsp3) is 0.125. The Balaban J connectivity index is 2.34. The first-order valence-corrected chi connectivity index (χ1v) is 6.82. The van der Waals surface area contributed by atoms with Crippen LogP contribution in [0.2, 0.25) is 0 Å². The molecule has 0 bridgehead atoms. The third-order valence-corrected chi connectivity index (χ3v) is 3.15. The molecule has 0 aliphatic heterocycles. The van der Waals surface area contributed by atoms with Gasteiger partial charge in [-0.05, 0) is 31.2 Å². The number of pyridine rings is 1. The van der Waals surface area contributed by atoms with Crippen molar-refractivity contribution in [2.24, 2.45) is 0 Å². The highest BCUT2D eigenvalue weighted by atomic mass is 16.5. The summed E-state index contributed by atoms with van der Waals surface area (Å²) in [7, 11) is 0. The Kier molecular flexibility index (Phi) is 3.65. The number of hydrogen-bond acceptors (Lipinski definition) is 5. The Bertz CT molecular complexity index is 888. The van der Waals surface area contributed by atoms with Crippen molar-refractivity contribution >= 4 is 16.9 Å². The molecule has 0 amide bonds. The Morgan fingerprint density at radius 3 is 2.77 bits per heavy atom. The standard InChI is InChI=1S/C16H13N3O3/c1-2-22-16(21)14-15(20)12-7-3-4-8-13(12)19(18-14)11-6-5-9-17-10-11/h3-10H,2H2,1H3. The van der Waals surface area contributed by atoms with Gasteiger partial charge >= 0.3 is 5.97 Å². The molecule has 110 valence electrons. The normalized spacial score (nSPS) is 10.6. The maximum absolute atomic E-state index is 12.4. The van der Waals surface area contributed by atoms with E-state index in [0.29, 0.717) is 16.6 Å². The van der Waals surface area contributed by atoms with Gasteiger partial charge in [-0.3, -0.25) is 9.78 Å². The van der Waals surface area contributed by atoms with E-state index in [0.717, 1.165) is 0 Å². The van der Waals surface area contributed by atoms with Crippen LogP contribution in [0.1, 0.15) is 17.4 Å². The number of ether oxygens (including phenoxy) is 1. The molecule has 1 aromatic carbocycles. The molecule has 3 rings (SSSR count). The molecule has 0 saturated heterocycles. The summed E-state index contributed by atoms with van der Waals surface area (Å²) in [6.45, 7) is 1.86. The van der Waals surface area contributed by atoms with Gasteiger partial charge in [0, 0.05) is 6.20 Å². The van der Waals surface area contributed by atoms with E-state index in [1.54, 1.807) is 55.7 Å². The number of benzene rings is 1. The second-order valence-corrected chi connectivity index (χ2v) is 4.54. The van der Waals surface area contributed by atoms with Crippen molar-refractivity contribution in [1.29, 1.82) is 0 Å². The minimum atomic E-state index is -0.726. The fourth-order valence-electron chi connectivity index (χ4n) is 2.19. The Labute approximate surface area is 126 Å². The summed E-state index contributed by atoms with van der Waals surface area (Å²) in [5, 5.41) is 4.59. The maximum atomic E-state index is 12.4. The molecule has 0 aliphatic rings. The first kappa shape index (κ1) is 13.9. The zero-order valence-corrected chi connectivity index (χ0v) is 11.9. The lowest BCUT2D eigenvalue weighted by molar-refractivity contribution is 0.0516. The minimum Gasteiger partial charge on any atom is -0.461 e. The van der Waals surface area contributed by atoms with Gasteiger partial charge in [0.2, 0.25) is 11.1 Å². The number of esters is 1. The molecule has 22 heavy (non-hydrogen) atoms. The van der Waals surface area contributed by atoms with Crippen LogP contribution < -0.4 is 5.43 Å². The van der Waals surface area contributed by atoms with Gasteiger partial charge in [-0.2, -0.15) is 5.10 Å². The number of para-hydroxylation sites is 1. The molecule has 0 radical (unpaired) electrons. The van der Waals surface area contributed by atoms with Crippen LogP contribution in [0.3, 0.4) is 0 Å². The second kappa shape index (κ2) is 5.77. The van der Waals surface area contributed by atoms with Crippen LogP contribution in [0, 0.1) is 0 Å². The third kappa shape index (κ3) is 2.35. The summed E-state index contributed by atoms with van der Waals surface area (Å²) < 4.78 is 6.44. The highest BCUT2D eigenvalue weighted by Gasteiger charge is 2.18. The molecule has 0 N–H and O–H groups in total. The predicted octanol–water partition coefficient (Wildman–Crippen LogP) is 1.96. The average Bonchev–Trinajstić information content (AvgIpc) is 2.56. The Morgan fingerprint density at radius 2 is 2.05 bits per heavy atom. The van der Waals surface area contributed by atoms with E-state index in [2.05, 4.69) is 10.1 Å². The van der Waals surface area contributed by atoms with Crippen molar-refractivity contribution in [1.82, 2.24) is 14.8 Å². The first-order valence-electron chi connectivity index (χ1n) is 6.82. The molecule has 2 heterocycles. The Morgan fingerprint density at radius 1 is 1.23 bits per heavy atom. The molecule has 0 fully saturated rings. The molecule has 0 saturated carbocycles. The van der Waals surface area contributed by atoms with Crippen LogP contribution in [0.25, 0.3) is 16.6 Å². The average molecular weight is 295 g/mol. The second-order valence-electron chi connectivity index (χ2n) is 4.54. The third-order valence-electron chi connectivity index (χ3n) is 3.15. The van der Waals surface area contributed by atoms with Gasteiger partial charge in [0.15, 0.2) is 0 Å². The Hall–Kier alpha value is -3.02. The van der Waals surface area contributed by atoms with Gasteiger partial charge in [-0.25, -0.2) is 9.48 Å². The summed E-state index contributed by atoms with van der Waals surface area (Å²) >= 11 is 0. The largest absolute Gasteiger partial charge is 0.461 e. The topological polar surface area (TPSA) is 74.1 Å². The number of carbonyl (C=O) groups is 1. The van der Waals surface area contributed by atoms with Crippen LogP contribution in [0.15, 0.2) is 53.6 Å². The van der Waals surface area contributed by atoms with Crippen molar-refractivity contribution in [3.05, 3.63) is 64.7 Å². The number of fused-ring (bicyclic) bond motifs is 1. The maximum Gasteiger partial charge on any atom is 0.362 e. The van der Waals surface area contributed by atoms with Crippen molar-refractivity contribution in [2.45, 2.75) is 6.92 Å². The highest BCUT2D eigenvalue weighted by molar-refractivity contribution is 5.92. The molecular weight excluding hydrogens is 282 g/mol. The monoisotopic (exact) mass is 295 g/mol. The number of rotatable bonds is 3. The van der Waals surface area contributed by atoms with E-state index in [-0.39, 0.29) is 12.3 Å². The summed E-state index contributed by atoms with van der Waals surface area (Å²) in [6.07, 6.45) is 3.25. The van der Waals surface area contributed by atoms with E-state index < -0.39 is 11.4 Å². The van der Waals surface area contributed by atoms with Crippen molar-refractivity contribution in [3.63, 3.8) is 0 Å². The van der Waals surface area contributed by atoms with Crippen LogP contribution >= 0.6 is 0 Å². The summed E-state index contributed by atoms with van der Waals surface area (Å²) in [6, 6.07) is 10.5. The van der Waals surface area contributed by atoms with Crippen LogP contribution in [-0.2, 0) is 4.74 Å². The van der Waals surface area contributed by atoms with Crippen molar-refractivity contribution in [3.8, 4) is 5.69 Å². The van der Waals surface area contributed by atoms with Crippen LogP contribution in [-0.4, -0.2) is 27.3 Å². The molecule has 0 aliphatic carbocycles. The first-order chi connectivity index (χ1) is 10.7. The van der Waals surface area contributed by atoms with Gasteiger partial charge < -0.3 is 4.74 Å². The molecule has 3 aromatic rings. The van der Waals surface area contributed by atoms with E-state index in [1.165, 1.54) is 4.68 Å². The summed E-state index contributed by atoms with van der Waals surface area (Å²) in [5.41, 5.74) is 0.594. The van der Waals surface area contributed by atoms with Crippen molar-refractivity contribution < 1.29 is 9.53 Å². The van der Waals surface area contributed by atoms with Gasteiger partial charge in [0.05, 0.1) is 29.4 Å².